The van der Waals surface area contributed by atoms with Crippen molar-refractivity contribution >= 4 is 16.6 Å². The molecule has 0 aliphatic carbocycles. The summed E-state index contributed by atoms with van der Waals surface area (Å²) in [4.78, 5) is 11.6. The van der Waals surface area contributed by atoms with Crippen LogP contribution in [0.5, 0.6) is 0 Å². The van der Waals surface area contributed by atoms with Crippen molar-refractivity contribution in [3.05, 3.63) is 60.2 Å². The van der Waals surface area contributed by atoms with E-state index < -0.39 is 0 Å². The van der Waals surface area contributed by atoms with Crippen LogP contribution in [0.2, 0.25) is 0 Å². The molecule has 0 N–H and O–H groups in total. The van der Waals surface area contributed by atoms with Gasteiger partial charge in [0.2, 0.25) is 0 Å². The molecule has 0 spiro atoms. The third kappa shape index (κ3) is 1.96. The van der Waals surface area contributed by atoms with Crippen LogP contribution in [-0.4, -0.2) is 5.78 Å². The van der Waals surface area contributed by atoms with Crippen LogP contribution < -0.4 is 0 Å². The summed E-state index contributed by atoms with van der Waals surface area (Å²) in [6, 6.07) is 13.8. The first-order chi connectivity index (χ1) is 7.31. The molecule has 0 heterocycles. The molecule has 0 amide bonds. The summed E-state index contributed by atoms with van der Waals surface area (Å²) in [7, 11) is 0. The molecular weight excluding hydrogens is 184 g/mol. The molecular formula is C14H12O. The SMILES string of the molecule is C/C=C\C(=O)c1ccc2ccccc2c1. The maximum Gasteiger partial charge on any atom is 0.185 e. The molecule has 0 aliphatic heterocycles. The number of fused-ring (bicyclic) bond motifs is 1. The number of carbonyl (C=O) groups is 1. The van der Waals surface area contributed by atoms with Crippen LogP contribution in [0.4, 0.5) is 0 Å². The van der Waals surface area contributed by atoms with Crippen molar-refractivity contribution in [1.82, 2.24) is 0 Å². The van der Waals surface area contributed by atoms with Gasteiger partial charge in [-0.2, -0.15) is 0 Å². The van der Waals surface area contributed by atoms with Gasteiger partial charge in [-0.1, -0.05) is 42.5 Å². The van der Waals surface area contributed by atoms with Gasteiger partial charge in [0.15, 0.2) is 5.78 Å². The summed E-state index contributed by atoms with van der Waals surface area (Å²) in [5.74, 6) is 0.0586. The number of benzene rings is 2. The van der Waals surface area contributed by atoms with Crippen molar-refractivity contribution in [3.63, 3.8) is 0 Å². The first kappa shape index (κ1) is 9.66. The quantitative estimate of drug-likeness (QED) is 0.529. The summed E-state index contributed by atoms with van der Waals surface area (Å²) >= 11 is 0. The minimum atomic E-state index is 0.0586. The van der Waals surface area contributed by atoms with E-state index in [-0.39, 0.29) is 5.78 Å². The standard InChI is InChI=1S/C14H12O/c1-2-5-14(15)13-9-8-11-6-3-4-7-12(11)10-13/h2-10H,1H3/b5-2-. The van der Waals surface area contributed by atoms with E-state index in [0.29, 0.717) is 0 Å². The Labute approximate surface area is 89.0 Å². The summed E-state index contributed by atoms with van der Waals surface area (Å²) in [6.07, 6.45) is 3.35. The lowest BCUT2D eigenvalue weighted by Gasteiger charge is -1.99. The smallest absolute Gasteiger partial charge is 0.185 e. The fourth-order valence-corrected chi connectivity index (χ4v) is 1.59. The minimum Gasteiger partial charge on any atom is -0.289 e. The van der Waals surface area contributed by atoms with Gasteiger partial charge in [-0.3, -0.25) is 4.79 Å². The number of hydrogen-bond donors (Lipinski definition) is 0. The lowest BCUT2D eigenvalue weighted by Crippen LogP contribution is -1.93. The van der Waals surface area contributed by atoms with Gasteiger partial charge < -0.3 is 0 Å². The average Bonchev–Trinajstić information content (AvgIpc) is 2.29. The maximum atomic E-state index is 11.6. The van der Waals surface area contributed by atoms with Crippen LogP contribution in [0.15, 0.2) is 54.6 Å². The Bertz CT molecular complexity index is 524. The van der Waals surface area contributed by atoms with E-state index in [1.807, 2.05) is 49.4 Å². The van der Waals surface area contributed by atoms with E-state index in [9.17, 15) is 4.79 Å². The van der Waals surface area contributed by atoms with Crippen molar-refractivity contribution in [2.75, 3.05) is 0 Å². The fourth-order valence-electron chi connectivity index (χ4n) is 1.59. The lowest BCUT2D eigenvalue weighted by atomic mass is 10.0. The topological polar surface area (TPSA) is 17.1 Å². The van der Waals surface area contributed by atoms with E-state index in [1.54, 1.807) is 12.2 Å². The Morgan fingerprint density at radius 3 is 2.53 bits per heavy atom. The normalized spacial score (nSPS) is 11.0. The molecule has 0 saturated heterocycles. The third-order valence-corrected chi connectivity index (χ3v) is 2.35. The first-order valence-corrected chi connectivity index (χ1v) is 4.97. The predicted molar refractivity (Wildman–Crippen MR) is 63.1 cm³/mol. The summed E-state index contributed by atoms with van der Waals surface area (Å²) in [5.41, 5.74) is 0.742. The van der Waals surface area contributed by atoms with Gasteiger partial charge in [-0.15, -0.1) is 0 Å². The highest BCUT2D eigenvalue weighted by Gasteiger charge is 2.01. The van der Waals surface area contributed by atoms with Gasteiger partial charge in [-0.25, -0.2) is 0 Å². The van der Waals surface area contributed by atoms with Crippen LogP contribution in [0, 0.1) is 0 Å². The molecule has 74 valence electrons. The zero-order chi connectivity index (χ0) is 10.7. The molecule has 2 aromatic carbocycles. The monoisotopic (exact) mass is 196 g/mol. The molecule has 0 aromatic heterocycles. The molecule has 0 atom stereocenters. The van der Waals surface area contributed by atoms with Gasteiger partial charge in [0.1, 0.15) is 0 Å². The highest BCUT2D eigenvalue weighted by atomic mass is 16.1. The Morgan fingerprint density at radius 2 is 1.80 bits per heavy atom. The molecule has 0 saturated carbocycles. The number of carbonyl (C=O) groups excluding carboxylic acids is 1. The molecule has 0 bridgehead atoms. The highest BCUT2D eigenvalue weighted by molar-refractivity contribution is 6.06. The van der Waals surface area contributed by atoms with E-state index in [2.05, 4.69) is 0 Å². The van der Waals surface area contributed by atoms with Crippen LogP contribution in [0.25, 0.3) is 10.8 Å². The van der Waals surface area contributed by atoms with Crippen molar-refractivity contribution in [2.24, 2.45) is 0 Å². The Hall–Kier alpha value is -1.89. The first-order valence-electron chi connectivity index (χ1n) is 4.97. The zero-order valence-electron chi connectivity index (χ0n) is 8.60. The van der Waals surface area contributed by atoms with Gasteiger partial charge in [0.25, 0.3) is 0 Å². The summed E-state index contributed by atoms with van der Waals surface area (Å²) in [5, 5.41) is 2.27. The van der Waals surface area contributed by atoms with Gasteiger partial charge in [0.05, 0.1) is 0 Å². The second kappa shape index (κ2) is 4.09. The molecule has 0 aliphatic rings. The number of rotatable bonds is 2. The number of ketones is 1. The van der Waals surface area contributed by atoms with Crippen molar-refractivity contribution in [2.45, 2.75) is 6.92 Å². The lowest BCUT2D eigenvalue weighted by molar-refractivity contribution is 0.104. The van der Waals surface area contributed by atoms with Crippen molar-refractivity contribution < 1.29 is 4.79 Å². The Morgan fingerprint density at radius 1 is 1.07 bits per heavy atom. The molecule has 2 rings (SSSR count). The molecule has 2 aromatic rings. The van der Waals surface area contributed by atoms with E-state index in [1.165, 1.54) is 0 Å². The van der Waals surface area contributed by atoms with Crippen LogP contribution in [0.1, 0.15) is 17.3 Å². The summed E-state index contributed by atoms with van der Waals surface area (Å²) < 4.78 is 0. The second-order valence-corrected chi connectivity index (χ2v) is 3.43. The highest BCUT2D eigenvalue weighted by Crippen LogP contribution is 2.16. The van der Waals surface area contributed by atoms with Crippen LogP contribution >= 0.6 is 0 Å². The maximum absolute atomic E-state index is 11.6. The number of hydrogen-bond acceptors (Lipinski definition) is 1. The number of allylic oxidation sites excluding steroid dienone is 2. The van der Waals surface area contributed by atoms with E-state index in [4.69, 9.17) is 0 Å². The zero-order valence-corrected chi connectivity index (χ0v) is 8.60. The average molecular weight is 196 g/mol. The Balaban J connectivity index is 2.51. The fraction of sp³-hybridized carbons (Fsp3) is 0.0714. The van der Waals surface area contributed by atoms with Crippen LogP contribution in [-0.2, 0) is 0 Å². The summed E-state index contributed by atoms with van der Waals surface area (Å²) in [6.45, 7) is 1.85. The van der Waals surface area contributed by atoms with Crippen molar-refractivity contribution in [3.8, 4) is 0 Å². The molecule has 15 heavy (non-hydrogen) atoms. The third-order valence-electron chi connectivity index (χ3n) is 2.35. The van der Waals surface area contributed by atoms with Gasteiger partial charge in [0, 0.05) is 5.56 Å². The van der Waals surface area contributed by atoms with Gasteiger partial charge >= 0.3 is 0 Å². The Kier molecular flexibility index (Phi) is 2.64. The molecule has 0 radical (unpaired) electrons. The van der Waals surface area contributed by atoms with Crippen molar-refractivity contribution in [1.29, 1.82) is 0 Å². The molecule has 0 fully saturated rings. The second-order valence-electron chi connectivity index (χ2n) is 3.43. The van der Waals surface area contributed by atoms with Gasteiger partial charge in [-0.05, 0) is 29.8 Å². The molecule has 1 nitrogen and oxygen atoms in total. The molecule has 0 unspecified atom stereocenters. The van der Waals surface area contributed by atoms with Crippen LogP contribution in [0.3, 0.4) is 0 Å². The van der Waals surface area contributed by atoms with E-state index >= 15 is 0 Å². The minimum absolute atomic E-state index is 0.0586. The molecule has 1 heteroatoms. The van der Waals surface area contributed by atoms with E-state index in [0.717, 1.165) is 16.3 Å². The predicted octanol–water partition coefficient (Wildman–Crippen LogP) is 3.60. The largest absolute Gasteiger partial charge is 0.289 e.